The molecule has 0 saturated heterocycles. The largest absolute Gasteiger partial charge is 0.466 e. The van der Waals surface area contributed by atoms with Crippen LogP contribution in [0.5, 0.6) is 0 Å². The number of hydrogen-bond donors (Lipinski definition) is 1. The van der Waals surface area contributed by atoms with Crippen LogP contribution in [0.1, 0.15) is 40.5 Å². The molecule has 0 amide bonds. The van der Waals surface area contributed by atoms with E-state index < -0.39 is 6.29 Å². The Morgan fingerprint density at radius 1 is 1.29 bits per heavy atom. The molecule has 0 aromatic rings. The third-order valence-electron chi connectivity index (χ3n) is 1.24. The molecule has 1 atom stereocenters. The van der Waals surface area contributed by atoms with E-state index in [1.165, 1.54) is 6.92 Å². The second kappa shape index (κ2) is 12.4. The molecule has 0 fully saturated rings. The lowest BCUT2D eigenvalue weighted by Crippen LogP contribution is -2.10. The molecule has 86 valence electrons. The van der Waals surface area contributed by atoms with Crippen LogP contribution in [0.25, 0.3) is 0 Å². The average Bonchev–Trinajstić information content (AvgIpc) is 2.05. The smallest absolute Gasteiger partial charge is 0.302 e. The van der Waals surface area contributed by atoms with E-state index in [0.717, 1.165) is 12.8 Å². The molecule has 0 saturated carbocycles. The Bertz CT molecular complexity index is 119. The highest BCUT2D eigenvalue weighted by atomic mass is 16.6. The maximum Gasteiger partial charge on any atom is 0.302 e. The van der Waals surface area contributed by atoms with Crippen molar-refractivity contribution >= 4 is 5.97 Å². The lowest BCUT2D eigenvalue weighted by molar-refractivity contribution is -0.140. The van der Waals surface area contributed by atoms with Gasteiger partial charge in [0.05, 0.1) is 6.61 Å². The van der Waals surface area contributed by atoms with Crippen LogP contribution in [0.4, 0.5) is 0 Å². The molecule has 0 spiro atoms. The first-order valence-corrected chi connectivity index (χ1v) is 5.01. The minimum atomic E-state index is -0.537. The highest BCUT2D eigenvalue weighted by molar-refractivity contribution is 5.65. The van der Waals surface area contributed by atoms with Crippen molar-refractivity contribution in [1.29, 1.82) is 0 Å². The molecule has 0 radical (unpaired) electrons. The molecule has 0 aliphatic heterocycles. The fraction of sp³-hybridized carbons (Fsp3) is 0.900. The highest BCUT2D eigenvalue weighted by Gasteiger charge is 1.97. The molecule has 1 unspecified atom stereocenters. The zero-order chi connectivity index (χ0) is 11.4. The number of aliphatic hydroxyl groups excluding tert-OH is 1. The molecule has 0 aromatic heterocycles. The molecule has 0 aliphatic rings. The van der Waals surface area contributed by atoms with Crippen molar-refractivity contribution < 1.29 is 19.4 Å². The fourth-order valence-corrected chi connectivity index (χ4v) is 0.726. The zero-order valence-corrected chi connectivity index (χ0v) is 9.58. The van der Waals surface area contributed by atoms with Gasteiger partial charge in [-0.1, -0.05) is 13.3 Å². The Labute approximate surface area is 86.2 Å². The Morgan fingerprint density at radius 2 is 1.86 bits per heavy atom. The summed E-state index contributed by atoms with van der Waals surface area (Å²) in [5.74, 6) is -0.211. The lowest BCUT2D eigenvalue weighted by Gasteiger charge is -2.06. The summed E-state index contributed by atoms with van der Waals surface area (Å²) in [6, 6.07) is 0. The van der Waals surface area contributed by atoms with Gasteiger partial charge in [-0.15, -0.1) is 0 Å². The summed E-state index contributed by atoms with van der Waals surface area (Å²) in [7, 11) is 0. The number of ether oxygens (including phenoxy) is 2. The van der Waals surface area contributed by atoms with E-state index >= 15 is 0 Å². The van der Waals surface area contributed by atoms with E-state index in [-0.39, 0.29) is 5.97 Å². The zero-order valence-electron chi connectivity index (χ0n) is 9.58. The van der Waals surface area contributed by atoms with Crippen LogP contribution in [-0.4, -0.2) is 30.6 Å². The Balaban J connectivity index is 0. The topological polar surface area (TPSA) is 55.8 Å². The summed E-state index contributed by atoms with van der Waals surface area (Å²) in [6.45, 7) is 8.14. The summed E-state index contributed by atoms with van der Waals surface area (Å²) in [5, 5.41) is 8.83. The number of rotatable bonds is 5. The van der Waals surface area contributed by atoms with Crippen LogP contribution in [0.15, 0.2) is 0 Å². The molecule has 0 aliphatic carbocycles. The van der Waals surface area contributed by atoms with Crippen LogP contribution < -0.4 is 0 Å². The normalized spacial score (nSPS) is 11.2. The van der Waals surface area contributed by atoms with Crippen LogP contribution in [-0.2, 0) is 14.3 Å². The number of esters is 1. The van der Waals surface area contributed by atoms with Gasteiger partial charge in [-0.3, -0.25) is 4.79 Å². The van der Waals surface area contributed by atoms with Gasteiger partial charge in [-0.25, -0.2) is 0 Å². The highest BCUT2D eigenvalue weighted by Crippen LogP contribution is 1.95. The van der Waals surface area contributed by atoms with Crippen molar-refractivity contribution in [2.45, 2.75) is 46.8 Å². The summed E-state index contributed by atoms with van der Waals surface area (Å²) in [5.41, 5.74) is 0. The second-order valence-electron chi connectivity index (χ2n) is 2.62. The van der Waals surface area contributed by atoms with Crippen molar-refractivity contribution in [3.63, 3.8) is 0 Å². The molecule has 0 bridgehead atoms. The van der Waals surface area contributed by atoms with Crippen LogP contribution in [0, 0.1) is 0 Å². The van der Waals surface area contributed by atoms with E-state index in [4.69, 9.17) is 9.84 Å². The van der Waals surface area contributed by atoms with Crippen molar-refractivity contribution in [2.75, 3.05) is 13.2 Å². The standard InChI is InChI=1S/C6H14O2.C4H8O2/c1-3-5-6(7)8-4-2;1-3-6-4(2)5/h6-7H,3-5H2,1-2H3;3H2,1-2H3. The molecule has 0 aromatic carbocycles. The number of carbonyl (C=O) groups is 1. The Hall–Kier alpha value is -0.610. The Kier molecular flexibility index (Phi) is 14.0. The van der Waals surface area contributed by atoms with Crippen LogP contribution in [0.3, 0.4) is 0 Å². The van der Waals surface area contributed by atoms with Crippen molar-refractivity contribution in [1.82, 2.24) is 0 Å². The fourth-order valence-electron chi connectivity index (χ4n) is 0.726. The average molecular weight is 206 g/mol. The van der Waals surface area contributed by atoms with Gasteiger partial charge in [0.2, 0.25) is 0 Å². The number of aliphatic hydroxyl groups is 1. The van der Waals surface area contributed by atoms with Crippen molar-refractivity contribution in [2.24, 2.45) is 0 Å². The third-order valence-corrected chi connectivity index (χ3v) is 1.24. The predicted molar refractivity (Wildman–Crippen MR) is 54.8 cm³/mol. The van der Waals surface area contributed by atoms with Gasteiger partial charge in [-0.2, -0.15) is 0 Å². The second-order valence-corrected chi connectivity index (χ2v) is 2.62. The third kappa shape index (κ3) is 17.5. The van der Waals surface area contributed by atoms with Gasteiger partial charge in [0.25, 0.3) is 0 Å². The minimum absolute atomic E-state index is 0.211. The van der Waals surface area contributed by atoms with Crippen LogP contribution >= 0.6 is 0 Å². The summed E-state index contributed by atoms with van der Waals surface area (Å²) in [4.78, 5) is 9.82. The van der Waals surface area contributed by atoms with Gasteiger partial charge >= 0.3 is 5.97 Å². The van der Waals surface area contributed by atoms with E-state index in [0.29, 0.717) is 13.2 Å². The van der Waals surface area contributed by atoms with Crippen molar-refractivity contribution in [3.05, 3.63) is 0 Å². The molecule has 0 heterocycles. The van der Waals surface area contributed by atoms with E-state index in [1.54, 1.807) is 6.92 Å². The SMILES string of the molecule is CCCC(O)OCC.CCOC(C)=O. The van der Waals surface area contributed by atoms with Gasteiger partial charge in [0.1, 0.15) is 0 Å². The van der Waals surface area contributed by atoms with Gasteiger partial charge in [0, 0.05) is 13.5 Å². The molecule has 1 N–H and O–H groups in total. The maximum atomic E-state index is 9.82. The number of carbonyl (C=O) groups excluding carboxylic acids is 1. The summed E-state index contributed by atoms with van der Waals surface area (Å²) < 4.78 is 9.24. The predicted octanol–water partition coefficient (Wildman–Crippen LogP) is 1.71. The van der Waals surface area contributed by atoms with Crippen LogP contribution in [0.2, 0.25) is 0 Å². The lowest BCUT2D eigenvalue weighted by atomic mass is 10.3. The van der Waals surface area contributed by atoms with Gasteiger partial charge in [0.15, 0.2) is 6.29 Å². The van der Waals surface area contributed by atoms with E-state index in [9.17, 15) is 4.79 Å². The molecule has 14 heavy (non-hydrogen) atoms. The Morgan fingerprint density at radius 3 is 2.07 bits per heavy atom. The molecule has 4 nitrogen and oxygen atoms in total. The molecule has 4 heteroatoms. The maximum absolute atomic E-state index is 9.82. The first-order valence-electron chi connectivity index (χ1n) is 5.01. The molecular weight excluding hydrogens is 184 g/mol. The molecule has 0 rings (SSSR count). The summed E-state index contributed by atoms with van der Waals surface area (Å²) >= 11 is 0. The minimum Gasteiger partial charge on any atom is -0.466 e. The molecular formula is C10H22O4. The van der Waals surface area contributed by atoms with Gasteiger partial charge in [-0.05, 0) is 20.3 Å². The number of hydrogen-bond acceptors (Lipinski definition) is 4. The summed E-state index contributed by atoms with van der Waals surface area (Å²) in [6.07, 6.45) is 1.18. The monoisotopic (exact) mass is 206 g/mol. The van der Waals surface area contributed by atoms with Gasteiger partial charge < -0.3 is 14.6 Å². The first-order chi connectivity index (χ1) is 6.58. The van der Waals surface area contributed by atoms with E-state index in [1.807, 2.05) is 13.8 Å². The van der Waals surface area contributed by atoms with E-state index in [2.05, 4.69) is 4.74 Å². The first kappa shape index (κ1) is 15.8. The quantitative estimate of drug-likeness (QED) is 0.549. The van der Waals surface area contributed by atoms with Crippen molar-refractivity contribution in [3.8, 4) is 0 Å².